The van der Waals surface area contributed by atoms with Crippen molar-refractivity contribution >= 4 is 41.3 Å². The number of halogens is 1. The van der Waals surface area contributed by atoms with Crippen LogP contribution in [-0.2, 0) is 33.3 Å². The van der Waals surface area contributed by atoms with Crippen LogP contribution in [0, 0.1) is 0 Å². The van der Waals surface area contributed by atoms with Crippen LogP contribution < -0.4 is 11.1 Å². The molecule has 2 aliphatic rings. The van der Waals surface area contributed by atoms with Crippen LogP contribution in [0.4, 0.5) is 5.82 Å². The standard InChI is InChI=1S/C16H20ClN5O7/c1-6(23)26-4-9-11(27-7(2)24)12(28-8(3)25)15(29-9)22-5-19-10-13(17)20-16(18)21-14(10)22/h5,9,11-13,15H,4H2,1-3H3,(H3,18,20,21)/t9-,11-,12-,13?,15?/m1/s1. The zero-order chi connectivity index (χ0) is 21.3. The molecule has 5 atom stereocenters. The van der Waals surface area contributed by atoms with Gasteiger partial charge < -0.3 is 30.0 Å². The predicted octanol–water partition coefficient (Wildman–Crippen LogP) is -0.00620. The number of aromatic nitrogens is 2. The van der Waals surface area contributed by atoms with E-state index >= 15 is 0 Å². The quantitative estimate of drug-likeness (QED) is 0.282. The van der Waals surface area contributed by atoms with Gasteiger partial charge in [0.05, 0.1) is 6.33 Å². The van der Waals surface area contributed by atoms with E-state index in [4.69, 9.17) is 36.3 Å². The maximum atomic E-state index is 11.7. The molecule has 3 rings (SSSR count). The Hall–Kier alpha value is -2.86. The van der Waals surface area contributed by atoms with Gasteiger partial charge in [-0.05, 0) is 0 Å². The predicted molar refractivity (Wildman–Crippen MR) is 96.9 cm³/mol. The Balaban J connectivity index is 1.99. The smallest absolute Gasteiger partial charge is 0.303 e. The zero-order valence-electron chi connectivity index (χ0n) is 15.8. The number of aliphatic imine (C=N–C) groups is 1. The lowest BCUT2D eigenvalue weighted by molar-refractivity contribution is -0.166. The third kappa shape index (κ3) is 4.43. The number of hydrogen-bond donors (Lipinski definition) is 2. The summed E-state index contributed by atoms with van der Waals surface area (Å²) < 4.78 is 23.1. The van der Waals surface area contributed by atoms with Crippen molar-refractivity contribution in [2.24, 2.45) is 10.7 Å². The number of esters is 3. The normalized spacial score (nSPS) is 28.0. The monoisotopic (exact) mass is 429 g/mol. The molecule has 29 heavy (non-hydrogen) atoms. The third-order valence-corrected chi connectivity index (χ3v) is 4.47. The van der Waals surface area contributed by atoms with E-state index in [0.717, 1.165) is 0 Å². The SMILES string of the molecule is CC(=O)OC[C@H]1OC(n2cnc3c2N=C(N)NC3Cl)[C@H](OC(C)=O)[C@@H]1OC(C)=O. The summed E-state index contributed by atoms with van der Waals surface area (Å²) in [6, 6.07) is 0. The number of carbonyl (C=O) groups is 3. The van der Waals surface area contributed by atoms with Gasteiger partial charge in [0, 0.05) is 20.8 Å². The molecule has 3 N–H and O–H groups in total. The molecule has 0 spiro atoms. The van der Waals surface area contributed by atoms with Gasteiger partial charge in [-0.15, -0.1) is 0 Å². The Morgan fingerprint density at radius 1 is 1.21 bits per heavy atom. The molecule has 0 bridgehead atoms. The zero-order valence-corrected chi connectivity index (χ0v) is 16.6. The highest BCUT2D eigenvalue weighted by Crippen LogP contribution is 2.39. The van der Waals surface area contributed by atoms with E-state index in [1.165, 1.54) is 31.7 Å². The lowest BCUT2D eigenvalue weighted by Gasteiger charge is -2.25. The first-order valence-electron chi connectivity index (χ1n) is 8.62. The lowest BCUT2D eigenvalue weighted by Crippen LogP contribution is -2.40. The van der Waals surface area contributed by atoms with Crippen LogP contribution in [0.5, 0.6) is 0 Å². The van der Waals surface area contributed by atoms with Gasteiger partial charge in [0.25, 0.3) is 0 Å². The lowest BCUT2D eigenvalue weighted by atomic mass is 10.1. The Labute approximate surface area is 170 Å². The van der Waals surface area contributed by atoms with Crippen LogP contribution in [0.3, 0.4) is 0 Å². The Morgan fingerprint density at radius 3 is 2.48 bits per heavy atom. The fourth-order valence-electron chi connectivity index (χ4n) is 3.11. The minimum absolute atomic E-state index is 0.0642. The number of carbonyl (C=O) groups excluding carboxylic acids is 3. The second kappa shape index (κ2) is 8.25. The van der Waals surface area contributed by atoms with Gasteiger partial charge in [-0.3, -0.25) is 19.0 Å². The molecule has 3 heterocycles. The molecular formula is C16H20ClN5O7. The maximum Gasteiger partial charge on any atom is 0.303 e. The van der Waals surface area contributed by atoms with Gasteiger partial charge in [0.1, 0.15) is 18.4 Å². The summed E-state index contributed by atoms with van der Waals surface area (Å²) in [6.07, 6.45) is -2.59. The van der Waals surface area contributed by atoms with E-state index in [1.807, 2.05) is 0 Å². The molecule has 1 aromatic heterocycles. The molecule has 2 aliphatic heterocycles. The first kappa shape index (κ1) is 20.9. The molecule has 12 nitrogen and oxygen atoms in total. The summed E-state index contributed by atoms with van der Waals surface area (Å²) in [5.74, 6) is -1.43. The summed E-state index contributed by atoms with van der Waals surface area (Å²) >= 11 is 6.19. The number of guanidine groups is 1. The molecule has 13 heteroatoms. The van der Waals surface area contributed by atoms with Gasteiger partial charge >= 0.3 is 17.9 Å². The molecule has 1 saturated heterocycles. The number of alkyl halides is 1. The van der Waals surface area contributed by atoms with E-state index in [2.05, 4.69) is 15.3 Å². The van der Waals surface area contributed by atoms with E-state index in [-0.39, 0.29) is 18.4 Å². The van der Waals surface area contributed by atoms with Crippen LogP contribution in [0.1, 0.15) is 38.2 Å². The number of nitrogens with two attached hydrogens (primary N) is 1. The van der Waals surface area contributed by atoms with Crippen LogP contribution in [0.25, 0.3) is 0 Å². The minimum Gasteiger partial charge on any atom is -0.463 e. The molecule has 1 aromatic rings. The van der Waals surface area contributed by atoms with Crippen molar-refractivity contribution in [3.8, 4) is 0 Å². The summed E-state index contributed by atoms with van der Waals surface area (Å²) in [4.78, 5) is 42.9. The number of rotatable bonds is 5. The van der Waals surface area contributed by atoms with Crippen molar-refractivity contribution in [3.63, 3.8) is 0 Å². The Morgan fingerprint density at radius 2 is 1.86 bits per heavy atom. The van der Waals surface area contributed by atoms with E-state index in [9.17, 15) is 14.4 Å². The maximum absolute atomic E-state index is 11.7. The topological polar surface area (TPSA) is 156 Å². The summed E-state index contributed by atoms with van der Waals surface area (Å²) in [7, 11) is 0. The molecule has 158 valence electrons. The first-order valence-corrected chi connectivity index (χ1v) is 9.05. The Kier molecular flexibility index (Phi) is 5.94. The number of fused-ring (bicyclic) bond motifs is 1. The van der Waals surface area contributed by atoms with Crippen LogP contribution in [0.15, 0.2) is 11.3 Å². The number of nitrogens with zero attached hydrogens (tertiary/aromatic N) is 3. The number of imidazole rings is 1. The highest BCUT2D eigenvalue weighted by Gasteiger charge is 2.51. The van der Waals surface area contributed by atoms with Crippen molar-refractivity contribution in [1.82, 2.24) is 14.9 Å². The number of ether oxygens (including phenoxy) is 4. The highest BCUT2D eigenvalue weighted by molar-refractivity contribution is 6.22. The van der Waals surface area contributed by atoms with Crippen molar-refractivity contribution in [3.05, 3.63) is 12.0 Å². The second-order valence-corrected chi connectivity index (χ2v) is 6.82. The van der Waals surface area contributed by atoms with Crippen LogP contribution in [-0.4, -0.2) is 58.3 Å². The molecular weight excluding hydrogens is 410 g/mol. The summed E-state index contributed by atoms with van der Waals surface area (Å²) in [5.41, 5.74) is 5.41. The molecule has 0 amide bonds. The van der Waals surface area contributed by atoms with Crippen molar-refractivity contribution < 1.29 is 33.3 Å². The van der Waals surface area contributed by atoms with Gasteiger partial charge in [0.2, 0.25) is 0 Å². The summed E-state index contributed by atoms with van der Waals surface area (Å²) in [6.45, 7) is 3.42. The minimum atomic E-state index is -1.06. The molecule has 1 fully saturated rings. The van der Waals surface area contributed by atoms with Crippen molar-refractivity contribution in [1.29, 1.82) is 0 Å². The molecule has 0 saturated carbocycles. The second-order valence-electron chi connectivity index (χ2n) is 6.38. The van der Waals surface area contributed by atoms with Gasteiger partial charge in [0.15, 0.2) is 35.7 Å². The van der Waals surface area contributed by atoms with Crippen molar-refractivity contribution in [2.75, 3.05) is 6.61 Å². The fraction of sp³-hybridized carbons (Fsp3) is 0.562. The van der Waals surface area contributed by atoms with E-state index in [0.29, 0.717) is 5.69 Å². The van der Waals surface area contributed by atoms with Gasteiger partial charge in [-0.2, -0.15) is 4.99 Å². The highest BCUT2D eigenvalue weighted by atomic mass is 35.5. The van der Waals surface area contributed by atoms with Crippen LogP contribution >= 0.6 is 11.6 Å². The van der Waals surface area contributed by atoms with E-state index < -0.39 is 47.9 Å². The van der Waals surface area contributed by atoms with Gasteiger partial charge in [-0.1, -0.05) is 11.6 Å². The molecule has 0 aromatic carbocycles. The third-order valence-electron chi connectivity index (χ3n) is 4.15. The van der Waals surface area contributed by atoms with Crippen LogP contribution in [0.2, 0.25) is 0 Å². The number of hydrogen-bond acceptors (Lipinski definition) is 11. The largest absolute Gasteiger partial charge is 0.463 e. The molecule has 2 unspecified atom stereocenters. The molecule has 0 aliphatic carbocycles. The average molecular weight is 430 g/mol. The molecule has 0 radical (unpaired) electrons. The Bertz CT molecular complexity index is 857. The fourth-order valence-corrected chi connectivity index (χ4v) is 3.38. The number of nitrogens with one attached hydrogen (secondary N) is 1. The van der Waals surface area contributed by atoms with Crippen molar-refractivity contribution in [2.45, 2.75) is 50.8 Å². The van der Waals surface area contributed by atoms with E-state index in [1.54, 1.807) is 0 Å². The summed E-state index contributed by atoms with van der Waals surface area (Å²) in [5, 5.41) is 2.72. The van der Waals surface area contributed by atoms with Gasteiger partial charge in [-0.25, -0.2) is 4.98 Å². The first-order chi connectivity index (χ1) is 13.7. The average Bonchev–Trinajstić information content (AvgIpc) is 3.15.